The smallest absolute Gasteiger partial charge is 0.238 e. The summed E-state index contributed by atoms with van der Waals surface area (Å²) >= 11 is 0. The molecule has 2 heterocycles. The van der Waals surface area contributed by atoms with E-state index in [2.05, 4.69) is 12.1 Å². The van der Waals surface area contributed by atoms with Crippen LogP contribution >= 0.6 is 0 Å². The average Bonchev–Trinajstić information content (AvgIpc) is 2.96. The lowest BCUT2D eigenvalue weighted by molar-refractivity contribution is -0.132. The Hall–Kier alpha value is -4.57. The van der Waals surface area contributed by atoms with Gasteiger partial charge in [0, 0.05) is 6.20 Å². The summed E-state index contributed by atoms with van der Waals surface area (Å²) in [5, 5.41) is 0. The molecule has 0 N–H and O–H groups in total. The van der Waals surface area contributed by atoms with Gasteiger partial charge in [-0.3, -0.25) is 4.79 Å². The Morgan fingerprint density at radius 3 is 1.81 bits per heavy atom. The molecular weight excluding hydrogens is 458 g/mol. The normalized spacial score (nSPS) is 17.7. The van der Waals surface area contributed by atoms with Gasteiger partial charge in [0.2, 0.25) is 5.91 Å². The number of hydrogen-bond donors (Lipinski definition) is 0. The van der Waals surface area contributed by atoms with Crippen molar-refractivity contribution in [3.05, 3.63) is 149 Å². The fourth-order valence-corrected chi connectivity index (χ4v) is 4.89. The Kier molecular flexibility index (Phi) is 6.30. The van der Waals surface area contributed by atoms with E-state index in [-0.39, 0.29) is 17.9 Å². The molecule has 2 bridgehead atoms. The number of amides is 1. The van der Waals surface area contributed by atoms with Crippen LogP contribution in [0.1, 0.15) is 39.8 Å². The highest BCUT2D eigenvalue weighted by molar-refractivity contribution is 5.92. The van der Waals surface area contributed by atoms with Crippen molar-refractivity contribution in [2.75, 3.05) is 0 Å². The Morgan fingerprint density at radius 2 is 1.22 bits per heavy atom. The van der Waals surface area contributed by atoms with Crippen LogP contribution in [0.3, 0.4) is 0 Å². The number of hydrogen-bond acceptors (Lipinski definition) is 3. The van der Waals surface area contributed by atoms with Crippen molar-refractivity contribution in [3.63, 3.8) is 0 Å². The van der Waals surface area contributed by atoms with Crippen molar-refractivity contribution in [2.45, 2.75) is 25.2 Å². The molecule has 4 heteroatoms. The second-order valence-corrected chi connectivity index (χ2v) is 9.26. The first-order valence-corrected chi connectivity index (χ1v) is 12.5. The van der Waals surface area contributed by atoms with Gasteiger partial charge >= 0.3 is 0 Å². The van der Waals surface area contributed by atoms with Crippen LogP contribution in [-0.2, 0) is 18.0 Å². The van der Waals surface area contributed by atoms with Gasteiger partial charge in [-0.1, -0.05) is 103 Å². The molecule has 0 aromatic heterocycles. The third-order valence-electron chi connectivity index (χ3n) is 6.81. The van der Waals surface area contributed by atoms with Gasteiger partial charge in [-0.15, -0.1) is 0 Å². The number of benzene rings is 4. The average molecular weight is 486 g/mol. The Bertz CT molecular complexity index is 1450. The molecule has 0 fully saturated rings. The van der Waals surface area contributed by atoms with E-state index in [4.69, 9.17) is 9.47 Å². The third kappa shape index (κ3) is 4.78. The van der Waals surface area contributed by atoms with Crippen molar-refractivity contribution >= 4 is 12.0 Å². The van der Waals surface area contributed by atoms with Crippen molar-refractivity contribution in [1.29, 1.82) is 0 Å². The summed E-state index contributed by atoms with van der Waals surface area (Å²) in [5.74, 6) is 1.06. The van der Waals surface area contributed by atoms with Crippen LogP contribution in [0.25, 0.3) is 6.08 Å². The second-order valence-electron chi connectivity index (χ2n) is 9.26. The van der Waals surface area contributed by atoms with E-state index in [9.17, 15) is 4.79 Å². The van der Waals surface area contributed by atoms with Crippen molar-refractivity contribution < 1.29 is 14.3 Å². The fourth-order valence-electron chi connectivity index (χ4n) is 4.89. The molecule has 1 aliphatic carbocycles. The number of fused-ring (bicyclic) bond motifs is 1. The van der Waals surface area contributed by atoms with E-state index in [0.29, 0.717) is 24.7 Å². The first kappa shape index (κ1) is 22.9. The molecule has 1 amide bonds. The largest absolute Gasteiger partial charge is 0.485 e. The number of rotatable bonds is 8. The molecule has 0 radical (unpaired) electrons. The van der Waals surface area contributed by atoms with E-state index in [1.807, 2.05) is 120 Å². The van der Waals surface area contributed by atoms with Crippen LogP contribution in [0.4, 0.5) is 0 Å². The molecule has 4 aromatic carbocycles. The van der Waals surface area contributed by atoms with E-state index >= 15 is 0 Å². The number of ether oxygens (including phenoxy) is 2. The lowest BCUT2D eigenvalue weighted by Crippen LogP contribution is -2.41. The van der Waals surface area contributed by atoms with E-state index in [1.54, 1.807) is 0 Å². The summed E-state index contributed by atoms with van der Waals surface area (Å²) in [6, 6.07) is 34.0. The van der Waals surface area contributed by atoms with Crippen LogP contribution in [0.15, 0.2) is 121 Å². The summed E-state index contributed by atoms with van der Waals surface area (Å²) in [6.45, 7) is 0.854. The van der Waals surface area contributed by atoms with Crippen molar-refractivity contribution in [3.8, 4) is 11.5 Å². The van der Waals surface area contributed by atoms with Gasteiger partial charge in [0.15, 0.2) is 11.5 Å². The summed E-state index contributed by atoms with van der Waals surface area (Å²) in [5.41, 5.74) is 5.26. The van der Waals surface area contributed by atoms with E-state index in [1.165, 1.54) is 0 Å². The van der Waals surface area contributed by atoms with Crippen LogP contribution in [0.2, 0.25) is 0 Å². The fraction of sp³-hybridized carbons (Fsp3) is 0.121. The van der Waals surface area contributed by atoms with Crippen LogP contribution in [0.5, 0.6) is 11.5 Å². The molecule has 2 atom stereocenters. The van der Waals surface area contributed by atoms with E-state index < -0.39 is 0 Å². The summed E-state index contributed by atoms with van der Waals surface area (Å²) in [6.07, 6.45) is 7.99. The van der Waals surface area contributed by atoms with Gasteiger partial charge in [0.05, 0.1) is 12.0 Å². The molecule has 37 heavy (non-hydrogen) atoms. The molecule has 0 spiro atoms. The monoisotopic (exact) mass is 485 g/mol. The quantitative estimate of drug-likeness (QED) is 0.251. The Morgan fingerprint density at radius 1 is 0.676 bits per heavy atom. The van der Waals surface area contributed by atoms with Gasteiger partial charge < -0.3 is 14.4 Å². The van der Waals surface area contributed by atoms with Gasteiger partial charge in [0.25, 0.3) is 0 Å². The maximum absolute atomic E-state index is 13.4. The molecular formula is C33H27NO3. The van der Waals surface area contributed by atoms with Crippen LogP contribution in [0, 0.1) is 0 Å². The van der Waals surface area contributed by atoms with Gasteiger partial charge in [-0.05, 0) is 46.0 Å². The lowest BCUT2D eigenvalue weighted by atomic mass is 9.79. The van der Waals surface area contributed by atoms with Gasteiger partial charge in [-0.25, -0.2) is 0 Å². The Balaban J connectivity index is 1.33. The number of carbonyl (C=O) groups is 1. The molecule has 2 aliphatic heterocycles. The minimum absolute atomic E-state index is 0.0687. The zero-order valence-corrected chi connectivity index (χ0v) is 20.4. The number of nitrogens with zero attached hydrogens (tertiary/aromatic N) is 1. The molecule has 7 rings (SSSR count). The summed E-state index contributed by atoms with van der Waals surface area (Å²) in [4.78, 5) is 15.2. The van der Waals surface area contributed by atoms with Crippen LogP contribution in [-0.4, -0.2) is 10.8 Å². The topological polar surface area (TPSA) is 38.8 Å². The van der Waals surface area contributed by atoms with E-state index in [0.717, 1.165) is 27.8 Å². The second kappa shape index (κ2) is 10.2. The maximum Gasteiger partial charge on any atom is 0.238 e. The minimum Gasteiger partial charge on any atom is -0.485 e. The first-order chi connectivity index (χ1) is 18.3. The minimum atomic E-state index is -0.345. The summed E-state index contributed by atoms with van der Waals surface area (Å²) in [7, 11) is 0. The molecule has 4 nitrogen and oxygen atoms in total. The highest BCUT2D eigenvalue weighted by atomic mass is 16.5. The van der Waals surface area contributed by atoms with Gasteiger partial charge in [-0.2, -0.15) is 0 Å². The molecule has 0 saturated heterocycles. The van der Waals surface area contributed by atoms with Crippen molar-refractivity contribution in [1.82, 2.24) is 4.90 Å². The number of carbonyl (C=O) groups excluding carboxylic acids is 1. The third-order valence-corrected chi connectivity index (χ3v) is 6.81. The predicted molar refractivity (Wildman–Crippen MR) is 145 cm³/mol. The highest BCUT2D eigenvalue weighted by Crippen LogP contribution is 2.47. The molecule has 182 valence electrons. The molecule has 0 saturated carbocycles. The Labute approximate surface area is 217 Å². The first-order valence-electron chi connectivity index (χ1n) is 12.5. The standard InChI is InChI=1S/C33H27NO3/c35-33-27-16-17-30(34(33)19-18-24-10-4-1-5-11-24)29-21-32(37-23-26-14-8-3-9-15-26)31(20-28(27)29)36-22-25-12-6-2-7-13-25/h1-21,27,30H,22-23H2/b19-18+/t27-,30+/m1/s1. The van der Waals surface area contributed by atoms with Crippen molar-refractivity contribution in [2.24, 2.45) is 0 Å². The predicted octanol–water partition coefficient (Wildman–Crippen LogP) is 7.05. The SMILES string of the molecule is O=C1[C@@H]2C=C[C@@H](c3cc(OCc4ccccc4)c(OCc4ccccc4)cc32)N1/C=C/c1ccccc1. The molecule has 0 unspecified atom stereocenters. The maximum atomic E-state index is 13.4. The zero-order chi connectivity index (χ0) is 25.0. The molecule has 3 aliphatic rings. The lowest BCUT2D eigenvalue weighted by Gasteiger charge is -2.41. The zero-order valence-electron chi connectivity index (χ0n) is 20.4. The summed E-state index contributed by atoms with van der Waals surface area (Å²) < 4.78 is 12.6. The molecule has 4 aromatic rings. The van der Waals surface area contributed by atoms with Crippen LogP contribution < -0.4 is 9.47 Å². The highest BCUT2D eigenvalue weighted by Gasteiger charge is 2.41. The van der Waals surface area contributed by atoms with Gasteiger partial charge in [0.1, 0.15) is 13.2 Å².